The number of hydrogen-bond acceptors (Lipinski definition) is 3. The summed E-state index contributed by atoms with van der Waals surface area (Å²) in [5.74, 6) is 0.550. The second-order valence-electron chi connectivity index (χ2n) is 6.89. The van der Waals surface area contributed by atoms with Crippen molar-refractivity contribution < 1.29 is 9.90 Å². The highest BCUT2D eigenvalue weighted by Crippen LogP contribution is 2.50. The highest BCUT2D eigenvalue weighted by atomic mass is 79.9. The lowest BCUT2D eigenvalue weighted by Gasteiger charge is -2.38. The Morgan fingerprint density at radius 2 is 1.68 bits per heavy atom. The number of benzene rings is 2. The van der Waals surface area contributed by atoms with Gasteiger partial charge in [-0.2, -0.15) is 0 Å². The fraction of sp³-hybridized carbons (Fsp3) is 0.350. The Balaban J connectivity index is 1.44. The molecule has 1 saturated heterocycles. The molecular weight excluding hydrogens is 380 g/mol. The molecule has 1 aliphatic carbocycles. The van der Waals surface area contributed by atoms with E-state index in [1.54, 1.807) is 12.1 Å². The number of halogens is 1. The van der Waals surface area contributed by atoms with Crippen molar-refractivity contribution in [2.75, 3.05) is 31.1 Å². The number of rotatable bonds is 3. The minimum atomic E-state index is -0.298. The van der Waals surface area contributed by atoms with E-state index in [4.69, 9.17) is 0 Å². The first kappa shape index (κ1) is 16.5. The van der Waals surface area contributed by atoms with Crippen molar-refractivity contribution in [3.63, 3.8) is 0 Å². The molecular formula is C20H21BrN2O2. The Hall–Kier alpha value is -2.01. The van der Waals surface area contributed by atoms with E-state index in [1.807, 2.05) is 29.2 Å². The second-order valence-corrected chi connectivity index (χ2v) is 7.80. The zero-order valence-electron chi connectivity index (χ0n) is 14.0. The van der Waals surface area contributed by atoms with Crippen LogP contribution in [0, 0.1) is 0 Å². The zero-order chi connectivity index (χ0) is 17.4. The second kappa shape index (κ2) is 6.37. The molecule has 1 amide bonds. The molecule has 2 aromatic carbocycles. The largest absolute Gasteiger partial charge is 0.508 e. The summed E-state index contributed by atoms with van der Waals surface area (Å²) in [7, 11) is 0. The molecule has 130 valence electrons. The van der Waals surface area contributed by atoms with E-state index in [-0.39, 0.29) is 17.1 Å². The zero-order valence-corrected chi connectivity index (χ0v) is 15.6. The van der Waals surface area contributed by atoms with Gasteiger partial charge in [0.05, 0.1) is 5.41 Å². The first-order valence-electron chi connectivity index (χ1n) is 8.68. The molecule has 1 aliphatic heterocycles. The van der Waals surface area contributed by atoms with Crippen molar-refractivity contribution in [2.45, 2.75) is 18.3 Å². The number of phenols is 1. The maximum absolute atomic E-state index is 13.1. The summed E-state index contributed by atoms with van der Waals surface area (Å²) in [6.07, 6.45) is 1.89. The lowest BCUT2D eigenvalue weighted by molar-refractivity contribution is -0.134. The van der Waals surface area contributed by atoms with Crippen LogP contribution in [0.15, 0.2) is 53.0 Å². The van der Waals surface area contributed by atoms with Crippen molar-refractivity contribution in [2.24, 2.45) is 0 Å². The van der Waals surface area contributed by atoms with Gasteiger partial charge in [-0.25, -0.2) is 0 Å². The molecule has 2 aromatic rings. The smallest absolute Gasteiger partial charge is 0.233 e. The number of nitrogens with zero attached hydrogens (tertiary/aromatic N) is 2. The average molecular weight is 401 g/mol. The number of piperazine rings is 1. The number of phenolic OH excluding ortho intramolecular Hbond substituents is 1. The number of hydrogen-bond donors (Lipinski definition) is 1. The predicted octanol–water partition coefficient (Wildman–Crippen LogP) is 3.54. The van der Waals surface area contributed by atoms with E-state index >= 15 is 0 Å². The Bertz CT molecular complexity index is 779. The standard InChI is InChI=1S/C20H21BrN2O2/c21-16-6-4-15(5-7-16)20(8-9-20)19(25)23-12-10-22(11-13-23)17-2-1-3-18(24)14-17/h1-7,14,24H,8-13H2. The molecule has 0 atom stereocenters. The van der Waals surface area contributed by atoms with E-state index in [9.17, 15) is 9.90 Å². The van der Waals surface area contributed by atoms with Crippen LogP contribution in [0.1, 0.15) is 18.4 Å². The van der Waals surface area contributed by atoms with Crippen molar-refractivity contribution in [3.8, 4) is 5.75 Å². The van der Waals surface area contributed by atoms with Crippen LogP contribution in [0.2, 0.25) is 0 Å². The van der Waals surface area contributed by atoms with Crippen LogP contribution in [0.25, 0.3) is 0 Å². The van der Waals surface area contributed by atoms with Gasteiger partial charge in [0.2, 0.25) is 5.91 Å². The highest BCUT2D eigenvalue weighted by Gasteiger charge is 2.53. The van der Waals surface area contributed by atoms with Crippen molar-refractivity contribution >= 4 is 27.5 Å². The highest BCUT2D eigenvalue weighted by molar-refractivity contribution is 9.10. The summed E-state index contributed by atoms with van der Waals surface area (Å²) in [5, 5.41) is 9.65. The number of amides is 1. The van der Waals surface area contributed by atoms with Gasteiger partial charge in [-0.3, -0.25) is 4.79 Å². The molecule has 2 fully saturated rings. The molecule has 1 heterocycles. The Morgan fingerprint density at radius 1 is 1.00 bits per heavy atom. The summed E-state index contributed by atoms with van der Waals surface area (Å²) < 4.78 is 1.04. The molecule has 25 heavy (non-hydrogen) atoms. The van der Waals surface area contributed by atoms with Gasteiger partial charge < -0.3 is 14.9 Å². The molecule has 0 spiro atoms. The van der Waals surface area contributed by atoms with Gasteiger partial charge in [0.1, 0.15) is 5.75 Å². The maximum Gasteiger partial charge on any atom is 0.233 e. The number of aromatic hydroxyl groups is 1. The number of carbonyl (C=O) groups is 1. The number of anilines is 1. The minimum absolute atomic E-state index is 0.269. The van der Waals surface area contributed by atoms with Crippen LogP contribution in [-0.2, 0) is 10.2 Å². The lowest BCUT2D eigenvalue weighted by Crippen LogP contribution is -2.51. The van der Waals surface area contributed by atoms with Crippen molar-refractivity contribution in [3.05, 3.63) is 58.6 Å². The van der Waals surface area contributed by atoms with Crippen molar-refractivity contribution in [1.82, 2.24) is 4.90 Å². The summed E-state index contributed by atoms with van der Waals surface area (Å²) >= 11 is 3.46. The molecule has 2 aliphatic rings. The molecule has 1 N–H and O–H groups in total. The average Bonchev–Trinajstić information content (AvgIpc) is 3.44. The SMILES string of the molecule is O=C(N1CCN(c2cccc(O)c2)CC1)C1(c2ccc(Br)cc2)CC1. The van der Waals surface area contributed by atoms with Gasteiger partial charge in [0, 0.05) is 42.4 Å². The topological polar surface area (TPSA) is 43.8 Å². The first-order valence-corrected chi connectivity index (χ1v) is 9.47. The predicted molar refractivity (Wildman–Crippen MR) is 102 cm³/mol. The quantitative estimate of drug-likeness (QED) is 0.856. The van der Waals surface area contributed by atoms with Gasteiger partial charge in [-0.1, -0.05) is 34.1 Å². The first-order chi connectivity index (χ1) is 12.1. The van der Waals surface area contributed by atoms with Crippen LogP contribution in [0.3, 0.4) is 0 Å². The summed E-state index contributed by atoms with van der Waals surface area (Å²) in [5.41, 5.74) is 1.85. The lowest BCUT2D eigenvalue weighted by atomic mass is 9.94. The molecule has 0 unspecified atom stereocenters. The van der Waals surface area contributed by atoms with Gasteiger partial charge in [-0.05, 0) is 42.7 Å². The fourth-order valence-corrected chi connectivity index (χ4v) is 3.94. The van der Waals surface area contributed by atoms with Crippen LogP contribution in [0.5, 0.6) is 5.75 Å². The van der Waals surface area contributed by atoms with Crippen molar-refractivity contribution in [1.29, 1.82) is 0 Å². The summed E-state index contributed by atoms with van der Waals surface area (Å²) in [6.45, 7) is 3.05. The fourth-order valence-electron chi connectivity index (χ4n) is 3.68. The van der Waals surface area contributed by atoms with Gasteiger partial charge in [0.15, 0.2) is 0 Å². The van der Waals surface area contributed by atoms with Crippen LogP contribution in [0.4, 0.5) is 5.69 Å². The van der Waals surface area contributed by atoms with Crippen LogP contribution < -0.4 is 4.90 Å². The van der Waals surface area contributed by atoms with Gasteiger partial charge in [0.25, 0.3) is 0 Å². The molecule has 4 nitrogen and oxygen atoms in total. The van der Waals surface area contributed by atoms with Crippen LogP contribution >= 0.6 is 15.9 Å². The molecule has 0 radical (unpaired) electrons. The van der Waals surface area contributed by atoms with Gasteiger partial charge >= 0.3 is 0 Å². The molecule has 4 rings (SSSR count). The summed E-state index contributed by atoms with van der Waals surface area (Å²) in [4.78, 5) is 17.4. The molecule has 5 heteroatoms. The normalized spacial score (nSPS) is 18.9. The molecule has 0 bridgehead atoms. The Kier molecular flexibility index (Phi) is 4.20. The van der Waals surface area contributed by atoms with Gasteiger partial charge in [-0.15, -0.1) is 0 Å². The number of carbonyl (C=O) groups excluding carboxylic acids is 1. The van der Waals surface area contributed by atoms with Crippen LogP contribution in [-0.4, -0.2) is 42.1 Å². The third-order valence-corrected chi connectivity index (χ3v) is 5.85. The maximum atomic E-state index is 13.1. The molecule has 1 saturated carbocycles. The van der Waals surface area contributed by atoms with E-state index in [1.165, 1.54) is 0 Å². The van der Waals surface area contributed by atoms with E-state index in [2.05, 4.69) is 33.0 Å². The van der Waals surface area contributed by atoms with E-state index in [0.29, 0.717) is 0 Å². The Labute approximate surface area is 156 Å². The monoisotopic (exact) mass is 400 g/mol. The Morgan fingerprint density at radius 3 is 2.28 bits per heavy atom. The third kappa shape index (κ3) is 3.13. The summed E-state index contributed by atoms with van der Waals surface area (Å²) in [6, 6.07) is 15.5. The molecule has 0 aromatic heterocycles. The van der Waals surface area contributed by atoms with E-state index < -0.39 is 0 Å². The minimum Gasteiger partial charge on any atom is -0.508 e. The van der Waals surface area contributed by atoms with E-state index in [0.717, 1.165) is 54.7 Å². The third-order valence-electron chi connectivity index (χ3n) is 5.32.